The molecule has 0 aliphatic carbocycles. The molecule has 2 N–H and O–H groups in total. The summed E-state index contributed by atoms with van der Waals surface area (Å²) in [5.41, 5.74) is 8.94. The molecular formula is C30H37N5O5. The Balaban J connectivity index is 1.31. The van der Waals surface area contributed by atoms with Crippen LogP contribution in [-0.4, -0.2) is 90.2 Å². The van der Waals surface area contributed by atoms with E-state index in [9.17, 15) is 14.4 Å². The number of amides is 2. The number of carbonyl (C=O) groups excluding carboxylic acids is 3. The van der Waals surface area contributed by atoms with Crippen molar-refractivity contribution in [1.82, 2.24) is 19.4 Å². The van der Waals surface area contributed by atoms with Gasteiger partial charge in [-0.3, -0.25) is 9.59 Å². The van der Waals surface area contributed by atoms with Crippen molar-refractivity contribution in [2.45, 2.75) is 37.8 Å². The molecule has 0 bridgehead atoms. The largest absolute Gasteiger partial charge is 0.465 e. The van der Waals surface area contributed by atoms with Crippen molar-refractivity contribution in [3.63, 3.8) is 0 Å². The summed E-state index contributed by atoms with van der Waals surface area (Å²) in [5, 5.41) is 0. The number of likely N-dealkylation sites (tertiary alicyclic amines) is 2. The molecule has 3 heterocycles. The highest BCUT2D eigenvalue weighted by molar-refractivity contribution is 6.05. The lowest BCUT2D eigenvalue weighted by molar-refractivity contribution is -0.136. The number of benzene rings is 2. The maximum Gasteiger partial charge on any atom is 0.338 e. The second kappa shape index (κ2) is 12.2. The summed E-state index contributed by atoms with van der Waals surface area (Å²) in [5.74, 6) is -0.332. The van der Waals surface area contributed by atoms with E-state index in [4.69, 9.17) is 20.2 Å². The number of esters is 1. The zero-order chi connectivity index (χ0) is 28.2. The summed E-state index contributed by atoms with van der Waals surface area (Å²) in [7, 11) is 2.99. The zero-order valence-corrected chi connectivity index (χ0v) is 23.1. The van der Waals surface area contributed by atoms with Crippen molar-refractivity contribution in [2.75, 3.05) is 47.0 Å². The zero-order valence-electron chi connectivity index (χ0n) is 23.1. The van der Waals surface area contributed by atoms with Crippen LogP contribution in [0.25, 0.3) is 11.0 Å². The summed E-state index contributed by atoms with van der Waals surface area (Å²) < 4.78 is 12.4. The van der Waals surface area contributed by atoms with Crippen LogP contribution in [0.1, 0.15) is 51.7 Å². The third-order valence-corrected chi connectivity index (χ3v) is 8.04. The Morgan fingerprint density at radius 1 is 0.975 bits per heavy atom. The van der Waals surface area contributed by atoms with E-state index >= 15 is 0 Å². The van der Waals surface area contributed by atoms with E-state index in [2.05, 4.69) is 10.6 Å². The first-order valence-corrected chi connectivity index (χ1v) is 13.9. The molecule has 1 unspecified atom stereocenters. The summed E-state index contributed by atoms with van der Waals surface area (Å²) in [6.45, 7) is 3.14. The van der Waals surface area contributed by atoms with Gasteiger partial charge in [0.1, 0.15) is 5.82 Å². The van der Waals surface area contributed by atoms with Crippen LogP contribution in [0.15, 0.2) is 48.5 Å². The molecule has 3 aromatic rings. The number of ether oxygens (including phenoxy) is 2. The highest BCUT2D eigenvalue weighted by Gasteiger charge is 2.41. The van der Waals surface area contributed by atoms with Crippen molar-refractivity contribution in [3.05, 3.63) is 65.5 Å². The van der Waals surface area contributed by atoms with Gasteiger partial charge in [0.25, 0.3) is 5.91 Å². The highest BCUT2D eigenvalue weighted by Crippen LogP contribution is 2.31. The van der Waals surface area contributed by atoms with Crippen molar-refractivity contribution < 1.29 is 23.9 Å². The van der Waals surface area contributed by atoms with Crippen molar-refractivity contribution in [3.8, 4) is 0 Å². The van der Waals surface area contributed by atoms with E-state index in [1.165, 1.54) is 7.11 Å². The standard InChI is InChI=1S/C30H37N5O5/c1-39-16-8-15-35-26-13-6-5-12-25(26)32-27(35)20-9-7-14-33(17-20)29(37)23-18-34(19-24(23)31)28(36)21-10-3-4-11-22(21)30(38)40-2/h3-6,10-13,20,23-24H,7-9,14-19,31H2,1-2H3/t20?,23-,24-/m1/s1. The predicted molar refractivity (Wildman–Crippen MR) is 150 cm³/mol. The van der Waals surface area contributed by atoms with Gasteiger partial charge < -0.3 is 29.6 Å². The molecule has 3 atom stereocenters. The molecule has 212 valence electrons. The fraction of sp³-hybridized carbons (Fsp3) is 0.467. The van der Waals surface area contributed by atoms with Crippen LogP contribution >= 0.6 is 0 Å². The number of piperidine rings is 1. The number of methoxy groups -OCH3 is 2. The molecule has 0 radical (unpaired) electrons. The van der Waals surface area contributed by atoms with Gasteiger partial charge in [0, 0.05) is 58.4 Å². The molecular weight excluding hydrogens is 510 g/mol. The van der Waals surface area contributed by atoms with Crippen LogP contribution in [0.2, 0.25) is 0 Å². The Morgan fingerprint density at radius 2 is 1.73 bits per heavy atom. The van der Waals surface area contributed by atoms with Crippen LogP contribution in [0.5, 0.6) is 0 Å². The number of carbonyl (C=O) groups is 3. The number of nitrogens with zero attached hydrogens (tertiary/aromatic N) is 4. The number of hydrogen-bond donors (Lipinski definition) is 1. The second-order valence-corrected chi connectivity index (χ2v) is 10.6. The molecule has 2 fully saturated rings. The number of para-hydroxylation sites is 2. The first-order chi connectivity index (χ1) is 19.4. The van der Waals surface area contributed by atoms with E-state index in [1.54, 1.807) is 36.3 Å². The fourth-order valence-electron chi connectivity index (χ4n) is 6.01. The molecule has 10 nitrogen and oxygen atoms in total. The minimum absolute atomic E-state index is 0.0317. The molecule has 0 spiro atoms. The molecule has 5 rings (SSSR count). The van der Waals surface area contributed by atoms with Crippen LogP contribution < -0.4 is 5.73 Å². The van der Waals surface area contributed by atoms with Gasteiger partial charge >= 0.3 is 5.97 Å². The van der Waals surface area contributed by atoms with Gasteiger partial charge in [-0.25, -0.2) is 9.78 Å². The molecule has 1 aromatic heterocycles. The Hall–Kier alpha value is -3.76. The Labute approximate surface area is 234 Å². The lowest BCUT2D eigenvalue weighted by Crippen LogP contribution is -2.47. The van der Waals surface area contributed by atoms with Gasteiger partial charge in [0.2, 0.25) is 5.91 Å². The predicted octanol–water partition coefficient (Wildman–Crippen LogP) is 2.66. The number of rotatable bonds is 8. The maximum atomic E-state index is 13.8. The van der Waals surface area contributed by atoms with E-state index < -0.39 is 17.9 Å². The molecule has 2 aromatic carbocycles. The number of aromatic nitrogens is 2. The van der Waals surface area contributed by atoms with Crippen LogP contribution in [0.3, 0.4) is 0 Å². The molecule has 0 saturated carbocycles. The average molecular weight is 548 g/mol. The number of aryl methyl sites for hydroxylation is 1. The summed E-state index contributed by atoms with van der Waals surface area (Å²) >= 11 is 0. The lowest BCUT2D eigenvalue weighted by atomic mass is 9.94. The van der Waals surface area contributed by atoms with Gasteiger partial charge in [-0.05, 0) is 43.5 Å². The quantitative estimate of drug-likeness (QED) is 0.340. The van der Waals surface area contributed by atoms with E-state index in [-0.39, 0.29) is 41.9 Å². The topological polar surface area (TPSA) is 120 Å². The fourth-order valence-corrected chi connectivity index (χ4v) is 6.01. The van der Waals surface area contributed by atoms with E-state index in [0.29, 0.717) is 19.7 Å². The molecule has 40 heavy (non-hydrogen) atoms. The number of imidazole rings is 1. The Bertz CT molecular complexity index is 1390. The minimum Gasteiger partial charge on any atom is -0.465 e. The Kier molecular flexibility index (Phi) is 8.46. The second-order valence-electron chi connectivity index (χ2n) is 10.6. The molecule has 2 amide bonds. The smallest absolute Gasteiger partial charge is 0.338 e. The van der Waals surface area contributed by atoms with Crippen LogP contribution in [0, 0.1) is 5.92 Å². The van der Waals surface area contributed by atoms with E-state index in [0.717, 1.165) is 42.7 Å². The summed E-state index contributed by atoms with van der Waals surface area (Å²) in [6.07, 6.45) is 2.69. The molecule has 2 aliphatic rings. The SMILES string of the molecule is COCCCn1c(C2CCCN(C(=O)[C@@H]3CN(C(=O)c4ccccc4C(=O)OC)C[C@H]3N)C2)nc2ccccc21. The summed E-state index contributed by atoms with van der Waals surface area (Å²) in [6, 6.07) is 14.2. The van der Waals surface area contributed by atoms with Gasteiger partial charge in [-0.1, -0.05) is 24.3 Å². The van der Waals surface area contributed by atoms with Crippen molar-refractivity contribution in [2.24, 2.45) is 11.7 Å². The third kappa shape index (κ3) is 5.46. The number of nitrogens with two attached hydrogens (primary N) is 1. The molecule has 10 heteroatoms. The van der Waals surface area contributed by atoms with Gasteiger partial charge in [-0.2, -0.15) is 0 Å². The normalized spacial score (nSPS) is 21.1. The third-order valence-electron chi connectivity index (χ3n) is 8.04. The molecule has 2 saturated heterocycles. The van der Waals surface area contributed by atoms with Crippen molar-refractivity contribution >= 4 is 28.8 Å². The first kappa shape index (κ1) is 27.8. The number of fused-ring (bicyclic) bond motifs is 1. The van der Waals surface area contributed by atoms with E-state index in [1.807, 2.05) is 23.1 Å². The van der Waals surface area contributed by atoms with Gasteiger partial charge in [0.15, 0.2) is 0 Å². The lowest BCUT2D eigenvalue weighted by Gasteiger charge is -2.35. The maximum absolute atomic E-state index is 13.8. The monoisotopic (exact) mass is 547 g/mol. The summed E-state index contributed by atoms with van der Waals surface area (Å²) in [4.78, 5) is 47.8. The van der Waals surface area contributed by atoms with Crippen LogP contribution in [-0.2, 0) is 20.8 Å². The average Bonchev–Trinajstić information content (AvgIpc) is 3.57. The molecule has 2 aliphatic heterocycles. The first-order valence-electron chi connectivity index (χ1n) is 13.9. The van der Waals surface area contributed by atoms with Crippen LogP contribution in [0.4, 0.5) is 0 Å². The van der Waals surface area contributed by atoms with Gasteiger partial charge in [-0.15, -0.1) is 0 Å². The number of hydrogen-bond acceptors (Lipinski definition) is 7. The highest BCUT2D eigenvalue weighted by atomic mass is 16.5. The van der Waals surface area contributed by atoms with Crippen molar-refractivity contribution in [1.29, 1.82) is 0 Å². The Morgan fingerprint density at radius 3 is 2.50 bits per heavy atom. The van der Waals surface area contributed by atoms with Gasteiger partial charge in [0.05, 0.1) is 35.2 Å². The minimum atomic E-state index is -0.576.